The fourth-order valence-corrected chi connectivity index (χ4v) is 2.68. The summed E-state index contributed by atoms with van der Waals surface area (Å²) in [6.07, 6.45) is 8.11. The smallest absolute Gasteiger partial charge is 0.303 e. The van der Waals surface area contributed by atoms with Crippen LogP contribution in [0, 0.1) is 5.92 Å². The zero-order valence-electron chi connectivity index (χ0n) is 14.7. The van der Waals surface area contributed by atoms with Gasteiger partial charge in [-0.2, -0.15) is 0 Å². The first-order valence-electron chi connectivity index (χ1n) is 8.76. The van der Waals surface area contributed by atoms with Crippen LogP contribution in [0.25, 0.3) is 0 Å². The lowest BCUT2D eigenvalue weighted by Gasteiger charge is -2.34. The molecule has 0 amide bonds. The third kappa shape index (κ3) is 7.77. The van der Waals surface area contributed by atoms with E-state index < -0.39 is 5.97 Å². The minimum Gasteiger partial charge on any atom is -0.481 e. The summed E-state index contributed by atoms with van der Waals surface area (Å²) in [6, 6.07) is 5.76. The van der Waals surface area contributed by atoms with Crippen molar-refractivity contribution >= 4 is 5.97 Å². The Labute approximate surface area is 148 Å². The Bertz CT molecular complexity index is 534. The van der Waals surface area contributed by atoms with Gasteiger partial charge in [-0.25, -0.2) is 0 Å². The van der Waals surface area contributed by atoms with Gasteiger partial charge in [-0.15, -0.1) is 0 Å². The summed E-state index contributed by atoms with van der Waals surface area (Å²) in [5.41, 5.74) is 0.900. The number of allylic oxidation sites excluding steroid dienone is 2. The van der Waals surface area contributed by atoms with Crippen LogP contribution in [0.4, 0.5) is 0 Å². The van der Waals surface area contributed by atoms with E-state index in [0.717, 1.165) is 18.5 Å². The van der Waals surface area contributed by atoms with E-state index in [9.17, 15) is 4.79 Å². The number of nitrogens with zero attached hydrogens (tertiary/aromatic N) is 1. The summed E-state index contributed by atoms with van der Waals surface area (Å²) < 4.78 is 17.2. The van der Waals surface area contributed by atoms with Crippen molar-refractivity contribution in [2.24, 2.45) is 5.92 Å². The van der Waals surface area contributed by atoms with E-state index in [2.05, 4.69) is 11.1 Å². The highest BCUT2D eigenvalue weighted by atomic mass is 16.7. The number of carbonyl (C=O) groups is 1. The van der Waals surface area contributed by atoms with Crippen molar-refractivity contribution in [3.8, 4) is 0 Å². The summed E-state index contributed by atoms with van der Waals surface area (Å²) in [5, 5.41) is 8.62. The third-order valence-electron chi connectivity index (χ3n) is 4.06. The maximum Gasteiger partial charge on any atom is 0.303 e. The lowest BCUT2D eigenvalue weighted by Crippen LogP contribution is -2.41. The summed E-state index contributed by atoms with van der Waals surface area (Å²) >= 11 is 0. The van der Waals surface area contributed by atoms with Gasteiger partial charge in [0, 0.05) is 18.5 Å². The SMILES string of the molecule is C[C@@H]1OC[C@H](C/C=C\CCCC(=O)O)[C@H](COCc2ccccn2)O1. The second-order valence-electron chi connectivity index (χ2n) is 6.16. The van der Waals surface area contributed by atoms with Crippen molar-refractivity contribution in [1.29, 1.82) is 0 Å². The second-order valence-corrected chi connectivity index (χ2v) is 6.16. The molecule has 1 aliphatic heterocycles. The molecule has 1 aromatic rings. The first-order chi connectivity index (χ1) is 12.1. The van der Waals surface area contributed by atoms with Crippen molar-refractivity contribution < 1.29 is 24.1 Å². The van der Waals surface area contributed by atoms with E-state index in [1.807, 2.05) is 31.2 Å². The van der Waals surface area contributed by atoms with Crippen LogP contribution in [0.1, 0.15) is 38.3 Å². The van der Waals surface area contributed by atoms with E-state index in [1.165, 1.54) is 0 Å². The molecule has 2 rings (SSSR count). The standard InChI is InChI=1S/C19H27NO5/c1-15-24-12-16(8-4-2-3-5-10-19(21)22)18(25-15)14-23-13-17-9-6-7-11-20-17/h2,4,6-7,9,11,15-16,18H,3,5,8,10,12-14H2,1H3,(H,21,22)/b4-2-/t15-,16+,18+/m1/s1. The molecule has 0 radical (unpaired) electrons. The van der Waals surface area contributed by atoms with Crippen LogP contribution in [0.3, 0.4) is 0 Å². The number of unbranched alkanes of at least 4 members (excludes halogenated alkanes) is 1. The summed E-state index contributed by atoms with van der Waals surface area (Å²) in [6.45, 7) is 3.50. The van der Waals surface area contributed by atoms with Crippen LogP contribution in [0.15, 0.2) is 36.5 Å². The number of carboxylic acid groups (broad SMARTS) is 1. The Morgan fingerprint density at radius 2 is 2.32 bits per heavy atom. The molecule has 2 heterocycles. The van der Waals surface area contributed by atoms with Gasteiger partial charge in [-0.1, -0.05) is 18.2 Å². The van der Waals surface area contributed by atoms with Crippen LogP contribution in [0.5, 0.6) is 0 Å². The van der Waals surface area contributed by atoms with Gasteiger partial charge in [0.25, 0.3) is 0 Å². The van der Waals surface area contributed by atoms with Crippen molar-refractivity contribution in [1.82, 2.24) is 4.98 Å². The Hall–Kier alpha value is -1.76. The Balaban J connectivity index is 1.73. The van der Waals surface area contributed by atoms with Crippen molar-refractivity contribution in [2.75, 3.05) is 13.2 Å². The molecule has 1 aromatic heterocycles. The molecule has 6 nitrogen and oxygen atoms in total. The Morgan fingerprint density at radius 1 is 1.44 bits per heavy atom. The first-order valence-corrected chi connectivity index (χ1v) is 8.76. The van der Waals surface area contributed by atoms with Gasteiger partial charge in [0.15, 0.2) is 6.29 Å². The molecule has 25 heavy (non-hydrogen) atoms. The van der Waals surface area contributed by atoms with Crippen LogP contribution in [0.2, 0.25) is 0 Å². The molecule has 0 saturated carbocycles. The zero-order valence-corrected chi connectivity index (χ0v) is 14.7. The number of aromatic nitrogens is 1. The van der Waals surface area contributed by atoms with Crippen LogP contribution >= 0.6 is 0 Å². The van der Waals surface area contributed by atoms with Crippen molar-refractivity contribution in [2.45, 2.75) is 51.6 Å². The minimum atomic E-state index is -0.749. The second kappa shape index (κ2) is 11.0. The molecule has 1 aliphatic rings. The van der Waals surface area contributed by atoms with Gasteiger partial charge in [-0.05, 0) is 38.3 Å². The molecule has 1 saturated heterocycles. The van der Waals surface area contributed by atoms with Gasteiger partial charge in [0.05, 0.1) is 31.6 Å². The number of ether oxygens (including phenoxy) is 3. The van der Waals surface area contributed by atoms with Crippen LogP contribution < -0.4 is 0 Å². The lowest BCUT2D eigenvalue weighted by molar-refractivity contribution is -0.238. The molecule has 1 N–H and O–H groups in total. The van der Waals surface area contributed by atoms with Gasteiger partial charge < -0.3 is 19.3 Å². The highest BCUT2D eigenvalue weighted by molar-refractivity contribution is 5.66. The van der Waals surface area contributed by atoms with Crippen molar-refractivity contribution in [3.05, 3.63) is 42.2 Å². The lowest BCUT2D eigenvalue weighted by atomic mass is 9.98. The van der Waals surface area contributed by atoms with E-state index in [1.54, 1.807) is 6.20 Å². The largest absolute Gasteiger partial charge is 0.481 e. The molecule has 138 valence electrons. The van der Waals surface area contributed by atoms with Gasteiger partial charge in [0.1, 0.15) is 0 Å². The van der Waals surface area contributed by atoms with Gasteiger partial charge in [-0.3, -0.25) is 9.78 Å². The monoisotopic (exact) mass is 349 g/mol. The quantitative estimate of drug-likeness (QED) is 0.516. The fraction of sp³-hybridized carbons (Fsp3) is 0.579. The first kappa shape index (κ1) is 19.6. The molecule has 6 heteroatoms. The highest BCUT2D eigenvalue weighted by Crippen LogP contribution is 2.23. The topological polar surface area (TPSA) is 77.9 Å². The predicted molar refractivity (Wildman–Crippen MR) is 92.9 cm³/mol. The molecule has 1 fully saturated rings. The highest BCUT2D eigenvalue weighted by Gasteiger charge is 2.29. The number of carboxylic acids is 1. The van der Waals surface area contributed by atoms with Crippen LogP contribution in [-0.4, -0.2) is 41.7 Å². The predicted octanol–water partition coefficient (Wildman–Crippen LogP) is 3.18. The maximum absolute atomic E-state index is 10.5. The third-order valence-corrected chi connectivity index (χ3v) is 4.06. The van der Waals surface area contributed by atoms with Gasteiger partial charge in [0.2, 0.25) is 0 Å². The van der Waals surface area contributed by atoms with E-state index in [-0.39, 0.29) is 24.7 Å². The van der Waals surface area contributed by atoms with E-state index >= 15 is 0 Å². The molecule has 0 bridgehead atoms. The number of rotatable bonds is 10. The van der Waals surface area contributed by atoms with E-state index in [0.29, 0.717) is 26.2 Å². The number of hydrogen-bond donors (Lipinski definition) is 1. The summed E-state index contributed by atoms with van der Waals surface area (Å²) in [5.74, 6) is -0.516. The average molecular weight is 349 g/mol. The minimum absolute atomic E-state index is 0.0175. The summed E-state index contributed by atoms with van der Waals surface area (Å²) in [4.78, 5) is 14.7. The summed E-state index contributed by atoms with van der Waals surface area (Å²) in [7, 11) is 0. The molecular formula is C19H27NO5. The normalized spacial score (nSPS) is 23.8. The van der Waals surface area contributed by atoms with Gasteiger partial charge >= 0.3 is 5.97 Å². The van der Waals surface area contributed by atoms with E-state index in [4.69, 9.17) is 19.3 Å². The molecule has 0 spiro atoms. The fourth-order valence-electron chi connectivity index (χ4n) is 2.68. The Morgan fingerprint density at radius 3 is 3.08 bits per heavy atom. The van der Waals surface area contributed by atoms with Crippen molar-refractivity contribution in [3.63, 3.8) is 0 Å². The molecule has 0 aliphatic carbocycles. The number of pyridine rings is 1. The Kier molecular flexibility index (Phi) is 8.59. The average Bonchev–Trinajstić information content (AvgIpc) is 2.60. The molecular weight excluding hydrogens is 322 g/mol. The molecule has 0 aromatic carbocycles. The van der Waals surface area contributed by atoms with Crippen LogP contribution in [-0.2, 0) is 25.6 Å². The number of aliphatic carboxylic acids is 1. The zero-order chi connectivity index (χ0) is 17.9. The number of hydrogen-bond acceptors (Lipinski definition) is 5. The molecule has 0 unspecified atom stereocenters. The molecule has 3 atom stereocenters. The maximum atomic E-state index is 10.5.